The minimum Gasteiger partial charge on any atom is -0.458 e. The van der Waals surface area contributed by atoms with Crippen LogP contribution in [0.2, 0.25) is 5.02 Å². The molecule has 2 heterocycles. The van der Waals surface area contributed by atoms with Crippen molar-refractivity contribution in [3.05, 3.63) is 40.4 Å². The topological polar surface area (TPSA) is 88.6 Å². The van der Waals surface area contributed by atoms with E-state index in [1.54, 1.807) is 31.4 Å². The van der Waals surface area contributed by atoms with E-state index in [-0.39, 0.29) is 6.61 Å². The van der Waals surface area contributed by atoms with Crippen LogP contribution in [0.1, 0.15) is 26.0 Å². The lowest BCUT2D eigenvalue weighted by Gasteiger charge is -2.18. The van der Waals surface area contributed by atoms with Crippen molar-refractivity contribution in [2.75, 3.05) is 6.54 Å². The number of hydrogen-bond acceptors (Lipinski definition) is 6. The summed E-state index contributed by atoms with van der Waals surface area (Å²) in [6.45, 7) is 2.97. The minimum atomic E-state index is -0.972. The van der Waals surface area contributed by atoms with Gasteiger partial charge in [-0.15, -0.1) is 11.3 Å². The summed E-state index contributed by atoms with van der Waals surface area (Å²) in [6, 6.07) is 6.69. The largest absolute Gasteiger partial charge is 0.458 e. The summed E-state index contributed by atoms with van der Waals surface area (Å²) in [7, 11) is 0. The molecule has 142 valence electrons. The summed E-state index contributed by atoms with van der Waals surface area (Å²) in [5.74, 6) is -1.09. The van der Waals surface area contributed by atoms with Crippen LogP contribution in [-0.2, 0) is 20.9 Å². The SMILES string of the molecule is CC[C@]1(C)NC(=O)N(CC(=O)OCc2csc(-c3ccc(Cl)cc3)n2)C1=O. The van der Waals surface area contributed by atoms with E-state index in [0.29, 0.717) is 17.1 Å². The summed E-state index contributed by atoms with van der Waals surface area (Å²) >= 11 is 7.30. The van der Waals surface area contributed by atoms with Gasteiger partial charge in [0.05, 0.1) is 5.69 Å². The second-order valence-corrected chi connectivity index (χ2v) is 7.61. The molecule has 1 aromatic carbocycles. The maximum absolute atomic E-state index is 12.3. The molecule has 1 aliphatic rings. The van der Waals surface area contributed by atoms with Crippen molar-refractivity contribution in [1.82, 2.24) is 15.2 Å². The van der Waals surface area contributed by atoms with Crippen LogP contribution in [0.15, 0.2) is 29.6 Å². The Bertz CT molecular complexity index is 883. The van der Waals surface area contributed by atoms with E-state index >= 15 is 0 Å². The smallest absolute Gasteiger partial charge is 0.326 e. The zero-order valence-electron chi connectivity index (χ0n) is 14.8. The number of esters is 1. The van der Waals surface area contributed by atoms with E-state index in [9.17, 15) is 14.4 Å². The molecule has 1 saturated heterocycles. The van der Waals surface area contributed by atoms with E-state index in [0.717, 1.165) is 15.5 Å². The number of ether oxygens (including phenoxy) is 1. The Balaban J connectivity index is 1.56. The fourth-order valence-corrected chi connectivity index (χ4v) is 3.49. The molecule has 1 N–H and O–H groups in total. The number of amides is 3. The number of halogens is 1. The van der Waals surface area contributed by atoms with Crippen LogP contribution >= 0.6 is 22.9 Å². The number of rotatable bonds is 6. The van der Waals surface area contributed by atoms with Crippen molar-refractivity contribution in [3.63, 3.8) is 0 Å². The molecule has 3 rings (SSSR count). The Hall–Kier alpha value is -2.45. The van der Waals surface area contributed by atoms with Crippen LogP contribution in [0, 0.1) is 0 Å². The van der Waals surface area contributed by atoms with E-state index in [4.69, 9.17) is 16.3 Å². The molecular formula is C18H18ClN3O4S. The van der Waals surface area contributed by atoms with Gasteiger partial charge < -0.3 is 10.1 Å². The predicted octanol–water partition coefficient (Wildman–Crippen LogP) is 3.23. The molecule has 0 bridgehead atoms. The Kier molecular flexibility index (Phi) is 5.48. The molecule has 0 spiro atoms. The Labute approximate surface area is 165 Å². The first kappa shape index (κ1) is 19.3. The number of hydrogen-bond donors (Lipinski definition) is 1. The van der Waals surface area contributed by atoms with Crippen molar-refractivity contribution < 1.29 is 19.1 Å². The molecule has 0 unspecified atom stereocenters. The Morgan fingerprint density at radius 1 is 1.33 bits per heavy atom. The van der Waals surface area contributed by atoms with Gasteiger partial charge in [-0.3, -0.25) is 14.5 Å². The third-order valence-corrected chi connectivity index (χ3v) is 5.56. The highest BCUT2D eigenvalue weighted by molar-refractivity contribution is 7.13. The molecule has 1 aromatic heterocycles. The zero-order valence-corrected chi connectivity index (χ0v) is 16.4. The summed E-state index contributed by atoms with van der Waals surface area (Å²) in [5.41, 5.74) is 0.536. The first-order chi connectivity index (χ1) is 12.8. The number of aromatic nitrogens is 1. The number of nitrogens with one attached hydrogen (secondary N) is 1. The number of nitrogens with zero attached hydrogens (tertiary/aromatic N) is 2. The van der Waals surface area contributed by atoms with Gasteiger partial charge in [0.25, 0.3) is 5.91 Å². The highest BCUT2D eigenvalue weighted by Crippen LogP contribution is 2.25. The average Bonchev–Trinajstić information content (AvgIpc) is 3.20. The van der Waals surface area contributed by atoms with Gasteiger partial charge >= 0.3 is 12.0 Å². The fraction of sp³-hybridized carbons (Fsp3) is 0.333. The number of benzene rings is 1. The molecule has 9 heteroatoms. The van der Waals surface area contributed by atoms with Crippen LogP contribution in [0.3, 0.4) is 0 Å². The highest BCUT2D eigenvalue weighted by atomic mass is 35.5. The standard InChI is InChI=1S/C18H18ClN3O4S/c1-3-18(2)16(24)22(17(25)21-18)8-14(23)26-9-13-10-27-15(20-13)11-4-6-12(19)7-5-11/h4-7,10H,3,8-9H2,1-2H3,(H,21,25)/t18-/m0/s1. The third-order valence-electron chi connectivity index (χ3n) is 4.36. The Morgan fingerprint density at radius 3 is 2.67 bits per heavy atom. The van der Waals surface area contributed by atoms with E-state index in [2.05, 4.69) is 10.3 Å². The first-order valence-electron chi connectivity index (χ1n) is 8.32. The molecule has 7 nitrogen and oxygen atoms in total. The highest BCUT2D eigenvalue weighted by Gasteiger charge is 2.47. The van der Waals surface area contributed by atoms with Crippen LogP contribution in [0.25, 0.3) is 10.6 Å². The van der Waals surface area contributed by atoms with Gasteiger partial charge in [-0.25, -0.2) is 9.78 Å². The lowest BCUT2D eigenvalue weighted by atomic mass is 9.99. The third kappa shape index (κ3) is 4.12. The molecule has 0 radical (unpaired) electrons. The van der Waals surface area contributed by atoms with Crippen molar-refractivity contribution in [2.45, 2.75) is 32.4 Å². The summed E-state index contributed by atoms with van der Waals surface area (Å²) in [5, 5.41) is 5.81. The maximum Gasteiger partial charge on any atom is 0.326 e. The fourth-order valence-electron chi connectivity index (χ4n) is 2.56. The van der Waals surface area contributed by atoms with Crippen molar-refractivity contribution >= 4 is 40.8 Å². The maximum atomic E-state index is 12.3. The summed E-state index contributed by atoms with van der Waals surface area (Å²) in [4.78, 5) is 41.5. The first-order valence-corrected chi connectivity index (χ1v) is 9.58. The number of urea groups is 1. The number of imide groups is 1. The molecule has 3 amide bonds. The molecule has 27 heavy (non-hydrogen) atoms. The second kappa shape index (κ2) is 7.66. The van der Waals surface area contributed by atoms with Crippen molar-refractivity contribution in [1.29, 1.82) is 0 Å². The molecule has 0 saturated carbocycles. The predicted molar refractivity (Wildman–Crippen MR) is 101 cm³/mol. The van der Waals surface area contributed by atoms with Crippen LogP contribution in [0.4, 0.5) is 4.79 Å². The Morgan fingerprint density at radius 2 is 2.04 bits per heavy atom. The van der Waals surface area contributed by atoms with Crippen molar-refractivity contribution in [3.8, 4) is 10.6 Å². The summed E-state index contributed by atoms with van der Waals surface area (Å²) < 4.78 is 5.17. The number of thiazole rings is 1. The second-order valence-electron chi connectivity index (χ2n) is 6.32. The van der Waals surface area contributed by atoms with Crippen LogP contribution < -0.4 is 5.32 Å². The van der Waals surface area contributed by atoms with Gasteiger partial charge in [0.1, 0.15) is 23.7 Å². The van der Waals surface area contributed by atoms with Gasteiger partial charge in [-0.2, -0.15) is 0 Å². The molecule has 1 fully saturated rings. The van der Waals surface area contributed by atoms with Gasteiger partial charge in [0.2, 0.25) is 0 Å². The quantitative estimate of drug-likeness (QED) is 0.586. The van der Waals surface area contributed by atoms with Crippen molar-refractivity contribution in [2.24, 2.45) is 0 Å². The van der Waals surface area contributed by atoms with E-state index in [1.807, 2.05) is 12.1 Å². The normalized spacial score (nSPS) is 19.3. The monoisotopic (exact) mass is 407 g/mol. The van der Waals surface area contributed by atoms with Crippen LogP contribution in [0.5, 0.6) is 0 Å². The molecular weight excluding hydrogens is 390 g/mol. The number of carbonyl (C=O) groups excluding carboxylic acids is 3. The molecule has 1 aliphatic heterocycles. The molecule has 0 aliphatic carbocycles. The average molecular weight is 408 g/mol. The van der Waals surface area contributed by atoms with Crippen LogP contribution in [-0.4, -0.2) is 39.9 Å². The van der Waals surface area contributed by atoms with E-state index in [1.165, 1.54) is 11.3 Å². The minimum absolute atomic E-state index is 0.0301. The number of carbonyl (C=O) groups is 3. The van der Waals surface area contributed by atoms with E-state index < -0.39 is 30.0 Å². The van der Waals surface area contributed by atoms with Gasteiger partial charge in [0.15, 0.2) is 0 Å². The molecule has 1 atom stereocenters. The van der Waals surface area contributed by atoms with Gasteiger partial charge in [-0.1, -0.05) is 30.7 Å². The lowest BCUT2D eigenvalue weighted by molar-refractivity contribution is -0.148. The summed E-state index contributed by atoms with van der Waals surface area (Å²) in [6.07, 6.45) is 0.440. The van der Waals surface area contributed by atoms with Gasteiger partial charge in [0, 0.05) is 16.0 Å². The lowest BCUT2D eigenvalue weighted by Crippen LogP contribution is -2.43. The zero-order chi connectivity index (χ0) is 19.6. The molecule has 2 aromatic rings. The van der Waals surface area contributed by atoms with Gasteiger partial charge in [-0.05, 0) is 25.5 Å².